The van der Waals surface area contributed by atoms with Crippen molar-refractivity contribution in [2.75, 3.05) is 16.0 Å². The van der Waals surface area contributed by atoms with Gasteiger partial charge in [0.25, 0.3) is 0 Å². The Morgan fingerprint density at radius 3 is 2.50 bits per heavy atom. The second-order valence-corrected chi connectivity index (χ2v) is 7.95. The minimum absolute atomic E-state index is 0.123. The quantitative estimate of drug-likeness (QED) is 0.684. The second-order valence-electron chi connectivity index (χ2n) is 6.76. The van der Waals surface area contributed by atoms with Gasteiger partial charge in [0.2, 0.25) is 17.7 Å². The van der Waals surface area contributed by atoms with Crippen molar-refractivity contribution >= 4 is 40.9 Å². The predicted octanol–water partition coefficient (Wildman–Crippen LogP) is 4.03. The van der Waals surface area contributed by atoms with Gasteiger partial charge >= 0.3 is 0 Å². The molecule has 0 spiro atoms. The summed E-state index contributed by atoms with van der Waals surface area (Å²) < 4.78 is 0. The number of nitrogens with zero attached hydrogens (tertiary/aromatic N) is 1. The summed E-state index contributed by atoms with van der Waals surface area (Å²) >= 11 is 1.21. The Kier molecular flexibility index (Phi) is 6.87. The Labute approximate surface area is 169 Å². The number of unbranched alkanes of at least 4 members (excludes halogenated alkanes) is 1. The van der Waals surface area contributed by atoms with E-state index in [1.54, 1.807) is 24.3 Å². The van der Waals surface area contributed by atoms with E-state index in [2.05, 4.69) is 12.2 Å². The fraction of sp³-hybridized carbons (Fsp3) is 0.318. The molecule has 2 aromatic rings. The minimum Gasteiger partial charge on any atom is -0.325 e. The smallest absolute Gasteiger partial charge is 0.247 e. The summed E-state index contributed by atoms with van der Waals surface area (Å²) in [5.41, 5.74) is 2.57. The topological polar surface area (TPSA) is 66.5 Å². The highest BCUT2D eigenvalue weighted by molar-refractivity contribution is 8.01. The van der Waals surface area contributed by atoms with Crippen LogP contribution in [0.1, 0.15) is 31.7 Å². The third kappa shape index (κ3) is 5.01. The third-order valence-corrected chi connectivity index (χ3v) is 5.79. The maximum absolute atomic E-state index is 12.6. The molecule has 1 saturated heterocycles. The van der Waals surface area contributed by atoms with Crippen LogP contribution in [-0.4, -0.2) is 28.7 Å². The number of hydrogen-bond donors (Lipinski definition) is 1. The summed E-state index contributed by atoms with van der Waals surface area (Å²) in [5, 5.41) is 2.33. The molecule has 2 aromatic carbocycles. The Balaban J connectivity index is 1.51. The molecule has 28 heavy (non-hydrogen) atoms. The normalized spacial score (nSPS) is 16.5. The predicted molar refractivity (Wildman–Crippen MR) is 113 cm³/mol. The van der Waals surface area contributed by atoms with E-state index in [-0.39, 0.29) is 29.9 Å². The minimum atomic E-state index is -0.519. The Morgan fingerprint density at radius 1 is 1.11 bits per heavy atom. The molecule has 1 N–H and O–H groups in total. The van der Waals surface area contributed by atoms with Crippen LogP contribution in [0.15, 0.2) is 54.6 Å². The summed E-state index contributed by atoms with van der Waals surface area (Å²) in [6.45, 7) is 2.16. The highest BCUT2D eigenvalue weighted by atomic mass is 32.2. The van der Waals surface area contributed by atoms with Gasteiger partial charge < -0.3 is 5.32 Å². The third-order valence-electron chi connectivity index (χ3n) is 4.59. The van der Waals surface area contributed by atoms with Gasteiger partial charge in [0.15, 0.2) is 0 Å². The van der Waals surface area contributed by atoms with Gasteiger partial charge in [-0.15, -0.1) is 11.8 Å². The number of rotatable bonds is 8. The molecule has 1 atom stereocenters. The molecule has 6 heteroatoms. The monoisotopic (exact) mass is 396 g/mol. The van der Waals surface area contributed by atoms with Crippen molar-refractivity contribution in [3.8, 4) is 0 Å². The fourth-order valence-corrected chi connectivity index (χ4v) is 4.02. The van der Waals surface area contributed by atoms with Crippen molar-refractivity contribution < 1.29 is 14.4 Å². The van der Waals surface area contributed by atoms with Crippen LogP contribution in [0.2, 0.25) is 0 Å². The van der Waals surface area contributed by atoms with Crippen LogP contribution in [0.3, 0.4) is 0 Å². The molecular formula is C22H24N2O3S. The zero-order valence-electron chi connectivity index (χ0n) is 15.9. The number of amides is 3. The number of thioether (sulfide) groups is 1. The van der Waals surface area contributed by atoms with Crippen molar-refractivity contribution in [2.45, 2.75) is 37.9 Å². The summed E-state index contributed by atoms with van der Waals surface area (Å²) in [4.78, 5) is 38.2. The van der Waals surface area contributed by atoms with E-state index in [0.29, 0.717) is 5.69 Å². The number of hydrogen-bond acceptors (Lipinski definition) is 4. The first-order chi connectivity index (χ1) is 13.6. The van der Waals surface area contributed by atoms with E-state index in [1.165, 1.54) is 22.2 Å². The average molecular weight is 397 g/mol. The molecule has 0 saturated carbocycles. The first kappa shape index (κ1) is 20.1. The number of benzene rings is 2. The molecule has 5 nitrogen and oxygen atoms in total. The lowest BCUT2D eigenvalue weighted by molar-refractivity contribution is -0.121. The van der Waals surface area contributed by atoms with Gasteiger partial charge in [0.1, 0.15) is 0 Å². The van der Waals surface area contributed by atoms with E-state index < -0.39 is 5.25 Å². The zero-order chi connectivity index (χ0) is 19.9. The summed E-state index contributed by atoms with van der Waals surface area (Å²) in [6.07, 6.45) is 3.46. The van der Waals surface area contributed by atoms with Crippen LogP contribution in [-0.2, 0) is 20.8 Å². The number of nitrogens with one attached hydrogen (secondary N) is 1. The lowest BCUT2D eigenvalue weighted by atomic mass is 10.1. The number of carbonyl (C=O) groups excluding carboxylic acids is 3. The number of carbonyl (C=O) groups is 3. The SMILES string of the molecule is CCCCc1ccc(NC(=O)CSC2CC(=O)N(c3ccccc3)C2=O)cc1. The number of aryl methyl sites for hydroxylation is 1. The highest BCUT2D eigenvalue weighted by Crippen LogP contribution is 2.29. The molecule has 0 radical (unpaired) electrons. The van der Waals surface area contributed by atoms with Crippen LogP contribution in [0.25, 0.3) is 0 Å². The molecule has 3 amide bonds. The first-order valence-corrected chi connectivity index (χ1v) is 10.6. The van der Waals surface area contributed by atoms with E-state index in [0.717, 1.165) is 24.9 Å². The van der Waals surface area contributed by atoms with Crippen molar-refractivity contribution in [3.05, 3.63) is 60.2 Å². The highest BCUT2D eigenvalue weighted by Gasteiger charge is 2.39. The van der Waals surface area contributed by atoms with E-state index in [9.17, 15) is 14.4 Å². The van der Waals surface area contributed by atoms with E-state index in [1.807, 2.05) is 30.3 Å². The Hall–Kier alpha value is -2.60. The molecular weight excluding hydrogens is 372 g/mol. The lowest BCUT2D eigenvalue weighted by Gasteiger charge is -2.14. The van der Waals surface area contributed by atoms with Gasteiger partial charge in [-0.05, 0) is 42.7 Å². The summed E-state index contributed by atoms with van der Waals surface area (Å²) in [6, 6.07) is 16.7. The largest absolute Gasteiger partial charge is 0.325 e. The lowest BCUT2D eigenvalue weighted by Crippen LogP contribution is -2.31. The van der Waals surface area contributed by atoms with Crippen LogP contribution < -0.4 is 10.2 Å². The van der Waals surface area contributed by atoms with Crippen LogP contribution in [0.4, 0.5) is 11.4 Å². The molecule has 0 aromatic heterocycles. The maximum Gasteiger partial charge on any atom is 0.247 e. The first-order valence-electron chi connectivity index (χ1n) is 9.50. The average Bonchev–Trinajstić information content (AvgIpc) is 3.00. The van der Waals surface area contributed by atoms with Gasteiger partial charge in [0.05, 0.1) is 16.7 Å². The molecule has 1 heterocycles. The van der Waals surface area contributed by atoms with Gasteiger partial charge in [-0.25, -0.2) is 4.90 Å². The molecule has 0 aliphatic carbocycles. The number of para-hydroxylation sites is 1. The van der Waals surface area contributed by atoms with Gasteiger partial charge in [0, 0.05) is 12.1 Å². The fourth-order valence-electron chi connectivity index (χ4n) is 3.09. The molecule has 3 rings (SSSR count). The molecule has 1 aliphatic rings. The maximum atomic E-state index is 12.6. The van der Waals surface area contributed by atoms with E-state index in [4.69, 9.17) is 0 Å². The van der Waals surface area contributed by atoms with Crippen LogP contribution in [0, 0.1) is 0 Å². The Morgan fingerprint density at radius 2 is 1.82 bits per heavy atom. The van der Waals surface area contributed by atoms with Gasteiger partial charge in [-0.1, -0.05) is 43.7 Å². The van der Waals surface area contributed by atoms with Crippen molar-refractivity contribution in [3.63, 3.8) is 0 Å². The van der Waals surface area contributed by atoms with Crippen LogP contribution >= 0.6 is 11.8 Å². The Bertz CT molecular complexity index is 837. The van der Waals surface area contributed by atoms with Gasteiger partial charge in [-0.3, -0.25) is 14.4 Å². The van der Waals surface area contributed by atoms with Crippen LogP contribution in [0.5, 0.6) is 0 Å². The number of imide groups is 1. The molecule has 1 unspecified atom stereocenters. The van der Waals surface area contributed by atoms with Gasteiger partial charge in [-0.2, -0.15) is 0 Å². The van der Waals surface area contributed by atoms with Crippen molar-refractivity contribution in [1.82, 2.24) is 0 Å². The van der Waals surface area contributed by atoms with Crippen molar-refractivity contribution in [1.29, 1.82) is 0 Å². The number of anilines is 2. The molecule has 146 valence electrons. The summed E-state index contributed by atoms with van der Waals surface area (Å²) in [7, 11) is 0. The zero-order valence-corrected chi connectivity index (χ0v) is 16.7. The molecule has 1 fully saturated rings. The molecule has 0 bridgehead atoms. The summed E-state index contributed by atoms with van der Waals surface area (Å²) in [5.74, 6) is -0.528. The molecule has 1 aliphatic heterocycles. The standard InChI is InChI=1S/C22H24N2O3S/c1-2-3-7-16-10-12-17(13-11-16)23-20(25)15-28-19-14-21(26)24(22(19)27)18-8-5-4-6-9-18/h4-6,8-13,19H,2-3,7,14-15H2,1H3,(H,23,25). The van der Waals surface area contributed by atoms with E-state index >= 15 is 0 Å². The second kappa shape index (κ2) is 9.55. The van der Waals surface area contributed by atoms with Crippen molar-refractivity contribution in [2.24, 2.45) is 0 Å².